The van der Waals surface area contributed by atoms with Gasteiger partial charge in [0.2, 0.25) is 0 Å². The maximum Gasteiger partial charge on any atom is 0.141 e. The van der Waals surface area contributed by atoms with Gasteiger partial charge in [0, 0.05) is 18.8 Å². The van der Waals surface area contributed by atoms with Crippen molar-refractivity contribution in [3.05, 3.63) is 29.0 Å². The van der Waals surface area contributed by atoms with Crippen LogP contribution in [0.1, 0.15) is 19.3 Å². The van der Waals surface area contributed by atoms with Crippen LogP contribution in [0.4, 0.5) is 10.1 Å². The van der Waals surface area contributed by atoms with Crippen LogP contribution in [-0.4, -0.2) is 31.1 Å². The number of hydrogen-bond acceptors (Lipinski definition) is 2. The highest BCUT2D eigenvalue weighted by Gasteiger charge is 2.09. The number of benzene rings is 1. The van der Waals surface area contributed by atoms with Crippen molar-refractivity contribution in [2.24, 2.45) is 0 Å². The summed E-state index contributed by atoms with van der Waals surface area (Å²) in [6.45, 7) is 4.31. The van der Waals surface area contributed by atoms with Gasteiger partial charge in [-0.1, -0.05) is 18.0 Å². The summed E-state index contributed by atoms with van der Waals surface area (Å²) >= 11 is 5.72. The van der Waals surface area contributed by atoms with Crippen molar-refractivity contribution in [1.29, 1.82) is 0 Å². The Labute approximate surface area is 107 Å². The third-order valence-electron chi connectivity index (χ3n) is 3.13. The van der Waals surface area contributed by atoms with Gasteiger partial charge in [0.15, 0.2) is 0 Å². The molecule has 1 saturated heterocycles. The molecule has 0 bridgehead atoms. The number of nitrogens with one attached hydrogen (secondary N) is 1. The van der Waals surface area contributed by atoms with Crippen molar-refractivity contribution in [3.63, 3.8) is 0 Å². The zero-order valence-electron chi connectivity index (χ0n) is 9.88. The maximum absolute atomic E-state index is 12.9. The predicted molar refractivity (Wildman–Crippen MR) is 70.2 cm³/mol. The van der Waals surface area contributed by atoms with Gasteiger partial charge >= 0.3 is 0 Å². The first-order chi connectivity index (χ1) is 8.25. The van der Waals surface area contributed by atoms with Crippen molar-refractivity contribution in [1.82, 2.24) is 4.90 Å². The summed E-state index contributed by atoms with van der Waals surface area (Å²) in [5.74, 6) is -0.367. The second-order valence-electron chi connectivity index (χ2n) is 4.46. The van der Waals surface area contributed by atoms with E-state index in [0.717, 1.165) is 18.8 Å². The second-order valence-corrected chi connectivity index (χ2v) is 4.87. The minimum absolute atomic E-state index is 0.174. The number of hydrogen-bond donors (Lipinski definition) is 1. The Hall–Kier alpha value is -0.800. The van der Waals surface area contributed by atoms with Crippen LogP contribution in [0.25, 0.3) is 0 Å². The molecule has 1 aromatic carbocycles. The van der Waals surface area contributed by atoms with E-state index >= 15 is 0 Å². The molecule has 0 amide bonds. The Morgan fingerprint density at radius 2 is 2.00 bits per heavy atom. The maximum atomic E-state index is 12.9. The molecule has 0 atom stereocenters. The van der Waals surface area contributed by atoms with Crippen LogP contribution in [0.2, 0.25) is 5.02 Å². The van der Waals surface area contributed by atoms with Crippen molar-refractivity contribution >= 4 is 17.3 Å². The van der Waals surface area contributed by atoms with Crippen LogP contribution in [0.3, 0.4) is 0 Å². The molecule has 1 aliphatic heterocycles. The van der Waals surface area contributed by atoms with Crippen molar-refractivity contribution in [3.8, 4) is 0 Å². The number of nitrogens with zero attached hydrogens (tertiary/aromatic N) is 1. The molecule has 1 fully saturated rings. The fourth-order valence-electron chi connectivity index (χ4n) is 2.15. The molecule has 0 saturated carbocycles. The zero-order valence-corrected chi connectivity index (χ0v) is 10.6. The van der Waals surface area contributed by atoms with E-state index in [2.05, 4.69) is 10.2 Å². The minimum atomic E-state index is -0.367. The van der Waals surface area contributed by atoms with Gasteiger partial charge in [-0.25, -0.2) is 4.39 Å². The average Bonchev–Trinajstić information content (AvgIpc) is 2.35. The van der Waals surface area contributed by atoms with Gasteiger partial charge in [-0.3, -0.25) is 0 Å². The SMILES string of the molecule is Fc1ccc(NCCN2CCCCC2)cc1Cl. The van der Waals surface area contributed by atoms with Crippen molar-refractivity contribution in [2.75, 3.05) is 31.5 Å². The number of halogens is 2. The first-order valence-corrected chi connectivity index (χ1v) is 6.55. The molecule has 94 valence electrons. The van der Waals surface area contributed by atoms with E-state index in [1.54, 1.807) is 12.1 Å². The van der Waals surface area contributed by atoms with Crippen LogP contribution >= 0.6 is 11.6 Å². The first-order valence-electron chi connectivity index (χ1n) is 6.17. The summed E-state index contributed by atoms with van der Waals surface area (Å²) in [6, 6.07) is 4.75. The quantitative estimate of drug-likeness (QED) is 0.889. The summed E-state index contributed by atoms with van der Waals surface area (Å²) in [7, 11) is 0. The normalized spacial score (nSPS) is 17.1. The molecule has 0 aliphatic carbocycles. The molecule has 17 heavy (non-hydrogen) atoms. The van der Waals surface area contributed by atoms with Crippen molar-refractivity contribution < 1.29 is 4.39 Å². The van der Waals surface area contributed by atoms with Gasteiger partial charge in [0.25, 0.3) is 0 Å². The molecule has 0 unspecified atom stereocenters. The Kier molecular flexibility index (Phi) is 4.63. The van der Waals surface area contributed by atoms with E-state index < -0.39 is 0 Å². The van der Waals surface area contributed by atoms with E-state index in [-0.39, 0.29) is 10.8 Å². The lowest BCUT2D eigenvalue weighted by Gasteiger charge is -2.26. The van der Waals surface area contributed by atoms with Gasteiger partial charge in [0.1, 0.15) is 5.82 Å². The van der Waals surface area contributed by atoms with Crippen LogP contribution in [0.15, 0.2) is 18.2 Å². The highest BCUT2D eigenvalue weighted by atomic mass is 35.5. The van der Waals surface area contributed by atoms with Gasteiger partial charge in [-0.2, -0.15) is 0 Å². The monoisotopic (exact) mass is 256 g/mol. The zero-order chi connectivity index (χ0) is 12.1. The van der Waals surface area contributed by atoms with Gasteiger partial charge in [-0.05, 0) is 44.1 Å². The number of rotatable bonds is 4. The van der Waals surface area contributed by atoms with Gasteiger partial charge in [-0.15, -0.1) is 0 Å². The lowest BCUT2D eigenvalue weighted by atomic mass is 10.1. The molecule has 0 aromatic heterocycles. The fraction of sp³-hybridized carbons (Fsp3) is 0.538. The summed E-state index contributed by atoms with van der Waals surface area (Å²) in [4.78, 5) is 2.46. The summed E-state index contributed by atoms with van der Waals surface area (Å²) in [5.41, 5.74) is 0.883. The Morgan fingerprint density at radius 1 is 1.24 bits per heavy atom. The minimum Gasteiger partial charge on any atom is -0.384 e. The Balaban J connectivity index is 1.75. The van der Waals surface area contributed by atoms with E-state index in [1.165, 1.54) is 38.4 Å². The molecule has 0 spiro atoms. The first kappa shape index (κ1) is 12.7. The fourth-order valence-corrected chi connectivity index (χ4v) is 2.33. The third kappa shape index (κ3) is 3.86. The molecule has 1 aliphatic rings. The third-order valence-corrected chi connectivity index (χ3v) is 3.42. The molecular weight excluding hydrogens is 239 g/mol. The van der Waals surface area contributed by atoms with Gasteiger partial charge < -0.3 is 10.2 Å². The molecule has 2 nitrogen and oxygen atoms in total. The largest absolute Gasteiger partial charge is 0.384 e. The van der Waals surface area contributed by atoms with E-state index in [0.29, 0.717) is 0 Å². The second kappa shape index (κ2) is 6.22. The van der Waals surface area contributed by atoms with Crippen LogP contribution in [-0.2, 0) is 0 Å². The number of piperidine rings is 1. The summed E-state index contributed by atoms with van der Waals surface area (Å²) < 4.78 is 12.9. The van der Waals surface area contributed by atoms with E-state index in [9.17, 15) is 4.39 Å². The topological polar surface area (TPSA) is 15.3 Å². The predicted octanol–water partition coefficient (Wildman–Crippen LogP) is 3.38. The molecule has 1 heterocycles. The van der Waals surface area contributed by atoms with E-state index in [1.807, 2.05) is 0 Å². The molecule has 2 rings (SSSR count). The van der Waals surface area contributed by atoms with Gasteiger partial charge in [0.05, 0.1) is 5.02 Å². The lowest BCUT2D eigenvalue weighted by Crippen LogP contribution is -2.33. The van der Waals surface area contributed by atoms with Crippen LogP contribution in [0, 0.1) is 5.82 Å². The van der Waals surface area contributed by atoms with Crippen molar-refractivity contribution in [2.45, 2.75) is 19.3 Å². The Morgan fingerprint density at radius 3 is 2.71 bits per heavy atom. The molecule has 1 N–H and O–H groups in total. The molecular formula is C13H18ClFN2. The molecule has 1 aromatic rings. The summed E-state index contributed by atoms with van der Waals surface area (Å²) in [6.07, 6.45) is 3.97. The lowest BCUT2D eigenvalue weighted by molar-refractivity contribution is 0.237. The Bertz CT molecular complexity index is 364. The smallest absolute Gasteiger partial charge is 0.141 e. The number of likely N-dealkylation sites (tertiary alicyclic amines) is 1. The van der Waals surface area contributed by atoms with Crippen LogP contribution in [0.5, 0.6) is 0 Å². The molecule has 4 heteroatoms. The highest BCUT2D eigenvalue weighted by molar-refractivity contribution is 6.31. The average molecular weight is 257 g/mol. The number of anilines is 1. The van der Waals surface area contributed by atoms with E-state index in [4.69, 9.17) is 11.6 Å². The highest BCUT2D eigenvalue weighted by Crippen LogP contribution is 2.19. The van der Waals surface area contributed by atoms with Crippen LogP contribution < -0.4 is 5.32 Å². The standard InChI is InChI=1S/C13H18ClFN2/c14-12-10-11(4-5-13(12)15)16-6-9-17-7-2-1-3-8-17/h4-5,10,16H,1-3,6-9H2. The molecule has 0 radical (unpaired) electrons. The summed E-state index contributed by atoms with van der Waals surface area (Å²) in [5, 5.41) is 3.44.